The van der Waals surface area contributed by atoms with Crippen molar-refractivity contribution in [3.8, 4) is 5.75 Å². The van der Waals surface area contributed by atoms with Crippen LogP contribution in [0.1, 0.15) is 50.0 Å². The highest BCUT2D eigenvalue weighted by Gasteiger charge is 2.57. The first kappa shape index (κ1) is 28.2. The molecule has 0 N–H and O–H groups in total. The summed E-state index contributed by atoms with van der Waals surface area (Å²) < 4.78 is 24.9. The summed E-state index contributed by atoms with van der Waals surface area (Å²) in [6, 6.07) is 17.0. The number of ether oxygens (including phenoxy) is 3. The van der Waals surface area contributed by atoms with Crippen LogP contribution < -0.4 is 4.74 Å². The van der Waals surface area contributed by atoms with Gasteiger partial charge in [0.1, 0.15) is 11.9 Å². The van der Waals surface area contributed by atoms with E-state index >= 15 is 0 Å². The molecule has 1 saturated carbocycles. The zero-order chi connectivity index (χ0) is 26.6. The van der Waals surface area contributed by atoms with E-state index in [0.717, 1.165) is 17.7 Å². The van der Waals surface area contributed by atoms with Crippen molar-refractivity contribution < 1.29 is 23.4 Å². The highest BCUT2D eigenvalue weighted by Crippen LogP contribution is 2.50. The van der Waals surface area contributed by atoms with Crippen LogP contribution in [0.3, 0.4) is 0 Å². The summed E-state index contributed by atoms with van der Waals surface area (Å²) in [6.45, 7) is 18.4. The number of carbonyl (C=O) groups excluding carboxylic acids is 1. The first-order valence-corrected chi connectivity index (χ1v) is 15.6. The zero-order valence-corrected chi connectivity index (χ0v) is 23.9. The molecule has 36 heavy (non-hydrogen) atoms. The van der Waals surface area contributed by atoms with E-state index in [4.69, 9.17) is 18.6 Å². The average molecular weight is 511 g/mol. The fourth-order valence-corrected chi connectivity index (χ4v) is 6.37. The Morgan fingerprint density at radius 2 is 1.75 bits per heavy atom. The summed E-state index contributed by atoms with van der Waals surface area (Å²) in [7, 11) is -0.532. The van der Waals surface area contributed by atoms with Gasteiger partial charge in [0, 0.05) is 5.92 Å². The molecule has 2 aromatic rings. The smallest absolute Gasteiger partial charge is 0.338 e. The van der Waals surface area contributed by atoms with Crippen molar-refractivity contribution in [2.75, 3.05) is 13.7 Å². The molecule has 1 fully saturated rings. The van der Waals surface area contributed by atoms with Crippen molar-refractivity contribution in [2.45, 2.75) is 70.6 Å². The van der Waals surface area contributed by atoms with Gasteiger partial charge in [-0.15, -0.1) is 6.58 Å². The van der Waals surface area contributed by atoms with Crippen molar-refractivity contribution in [1.82, 2.24) is 0 Å². The largest absolute Gasteiger partial charge is 0.497 e. The van der Waals surface area contributed by atoms with Crippen molar-refractivity contribution in [3.63, 3.8) is 0 Å². The molecule has 0 saturated heterocycles. The van der Waals surface area contributed by atoms with E-state index in [0.29, 0.717) is 18.8 Å². The first-order chi connectivity index (χ1) is 16.9. The van der Waals surface area contributed by atoms with E-state index in [1.807, 2.05) is 48.5 Å². The molecule has 1 aliphatic carbocycles. The number of hydrogen-bond donors (Lipinski definition) is 0. The van der Waals surface area contributed by atoms with Gasteiger partial charge in [-0.05, 0) is 60.3 Å². The summed E-state index contributed by atoms with van der Waals surface area (Å²) in [5.74, 6) is 0.401. The molecule has 0 aromatic heterocycles. The Hall–Kier alpha value is -2.41. The van der Waals surface area contributed by atoms with E-state index in [9.17, 15) is 4.79 Å². The molecule has 1 aliphatic rings. The Balaban J connectivity index is 1.86. The standard InChI is InChI=1S/C30H42O5Si/c1-9-26-27(34-28(31)24-13-11-10-12-14-24)22(2)19-30(26,35-36(7,8)29(3,4)5)21-33-20-23-15-17-25(32-6)18-16-23/h9-18,22,26-27H,1,19-21H2,2-8H3/t22-,26-,27+,30-/m0/s1. The molecule has 0 radical (unpaired) electrons. The van der Waals surface area contributed by atoms with Gasteiger partial charge >= 0.3 is 5.97 Å². The van der Waals surface area contributed by atoms with Crippen molar-refractivity contribution in [2.24, 2.45) is 11.8 Å². The van der Waals surface area contributed by atoms with Crippen LogP contribution in [0, 0.1) is 11.8 Å². The van der Waals surface area contributed by atoms with Crippen LogP contribution in [0.5, 0.6) is 5.75 Å². The third kappa shape index (κ3) is 6.28. The number of rotatable bonds is 10. The quantitative estimate of drug-likeness (QED) is 0.195. The molecule has 5 nitrogen and oxygen atoms in total. The number of methoxy groups -OCH3 is 1. The Morgan fingerprint density at radius 1 is 1.11 bits per heavy atom. The van der Waals surface area contributed by atoms with E-state index in [-0.39, 0.29) is 28.9 Å². The minimum absolute atomic E-state index is 0.0176. The lowest BCUT2D eigenvalue weighted by molar-refractivity contribution is -0.0688. The molecule has 4 atom stereocenters. The molecule has 3 rings (SSSR count). The Morgan fingerprint density at radius 3 is 2.31 bits per heavy atom. The predicted octanol–water partition coefficient (Wildman–Crippen LogP) is 7.04. The van der Waals surface area contributed by atoms with Gasteiger partial charge in [0.05, 0.1) is 31.5 Å². The second kappa shape index (κ2) is 11.3. The Labute approximate surface area is 217 Å². The lowest BCUT2D eigenvalue weighted by Crippen LogP contribution is -2.54. The minimum atomic E-state index is -2.19. The number of hydrogen-bond acceptors (Lipinski definition) is 5. The highest BCUT2D eigenvalue weighted by molar-refractivity contribution is 6.74. The monoisotopic (exact) mass is 510 g/mol. The van der Waals surface area contributed by atoms with Gasteiger partial charge in [0.25, 0.3) is 0 Å². The van der Waals surface area contributed by atoms with E-state index < -0.39 is 13.9 Å². The first-order valence-electron chi connectivity index (χ1n) is 12.7. The Kier molecular flexibility index (Phi) is 8.86. The van der Waals surface area contributed by atoms with Crippen molar-refractivity contribution in [3.05, 3.63) is 78.4 Å². The van der Waals surface area contributed by atoms with Crippen LogP contribution in [0.2, 0.25) is 18.1 Å². The second-order valence-corrected chi connectivity index (χ2v) is 16.2. The fraction of sp³-hybridized carbons (Fsp3) is 0.500. The number of benzene rings is 2. The van der Waals surface area contributed by atoms with Crippen LogP contribution in [-0.2, 0) is 20.5 Å². The van der Waals surface area contributed by atoms with Crippen LogP contribution >= 0.6 is 0 Å². The van der Waals surface area contributed by atoms with Gasteiger partial charge in [-0.2, -0.15) is 0 Å². The molecule has 0 heterocycles. The maximum atomic E-state index is 13.0. The van der Waals surface area contributed by atoms with Crippen LogP contribution in [-0.4, -0.2) is 39.7 Å². The maximum absolute atomic E-state index is 13.0. The third-order valence-corrected chi connectivity index (χ3v) is 12.3. The van der Waals surface area contributed by atoms with Crippen LogP contribution in [0.25, 0.3) is 0 Å². The summed E-state index contributed by atoms with van der Waals surface area (Å²) >= 11 is 0. The summed E-state index contributed by atoms with van der Waals surface area (Å²) in [5.41, 5.74) is 0.982. The molecule has 6 heteroatoms. The molecule has 0 unspecified atom stereocenters. The SMILES string of the molecule is C=C[C@H]1[C@H](OC(=O)c2ccccc2)[C@@H](C)C[C@@]1(COCc1ccc(OC)cc1)O[Si](C)(C)C(C)(C)C. The predicted molar refractivity (Wildman–Crippen MR) is 147 cm³/mol. The van der Waals surface area contributed by atoms with E-state index in [2.05, 4.69) is 47.4 Å². The van der Waals surface area contributed by atoms with E-state index in [1.54, 1.807) is 19.2 Å². The molecule has 0 amide bonds. The van der Waals surface area contributed by atoms with Gasteiger partial charge < -0.3 is 18.6 Å². The molecule has 2 aromatic carbocycles. The molecule has 0 bridgehead atoms. The summed E-state index contributed by atoms with van der Waals surface area (Å²) in [6.07, 6.45) is 2.28. The normalized spacial score (nSPS) is 24.4. The third-order valence-electron chi connectivity index (χ3n) is 7.74. The van der Waals surface area contributed by atoms with Gasteiger partial charge in [-0.3, -0.25) is 0 Å². The van der Waals surface area contributed by atoms with Crippen LogP contribution in [0.4, 0.5) is 0 Å². The molecular formula is C30H42O5Si. The Bertz CT molecular complexity index is 1010. The summed E-state index contributed by atoms with van der Waals surface area (Å²) in [4.78, 5) is 13.0. The molecule has 0 spiro atoms. The molecular weight excluding hydrogens is 468 g/mol. The topological polar surface area (TPSA) is 54.0 Å². The lowest BCUT2D eigenvalue weighted by Gasteiger charge is -2.46. The van der Waals surface area contributed by atoms with Crippen molar-refractivity contribution >= 4 is 14.3 Å². The maximum Gasteiger partial charge on any atom is 0.338 e. The second-order valence-electron chi connectivity index (χ2n) is 11.4. The molecule has 0 aliphatic heterocycles. The van der Waals surface area contributed by atoms with Crippen molar-refractivity contribution in [1.29, 1.82) is 0 Å². The average Bonchev–Trinajstić information content (AvgIpc) is 3.08. The van der Waals surface area contributed by atoms with Gasteiger partial charge in [0.15, 0.2) is 8.32 Å². The fourth-order valence-electron chi connectivity index (χ4n) is 4.77. The molecule has 196 valence electrons. The van der Waals surface area contributed by atoms with E-state index in [1.165, 1.54) is 0 Å². The number of carbonyl (C=O) groups is 1. The van der Waals surface area contributed by atoms with Gasteiger partial charge in [-0.25, -0.2) is 4.79 Å². The minimum Gasteiger partial charge on any atom is -0.497 e. The highest BCUT2D eigenvalue weighted by atomic mass is 28.4. The van der Waals surface area contributed by atoms with Gasteiger partial charge in [0.2, 0.25) is 0 Å². The van der Waals surface area contributed by atoms with Gasteiger partial charge in [-0.1, -0.05) is 64.1 Å². The zero-order valence-electron chi connectivity index (χ0n) is 22.9. The summed E-state index contributed by atoms with van der Waals surface area (Å²) in [5, 5.41) is 0.0176. The van der Waals surface area contributed by atoms with Crippen LogP contribution in [0.15, 0.2) is 67.3 Å². The lowest BCUT2D eigenvalue weighted by atomic mass is 9.90. The number of esters is 1.